The molecule has 4 nitrogen and oxygen atoms in total. The lowest BCUT2D eigenvalue weighted by Gasteiger charge is -2.30. The minimum atomic E-state index is -0.202. The number of thiophene rings is 1. The number of aromatic nitrogens is 2. The van der Waals surface area contributed by atoms with E-state index in [0.717, 1.165) is 51.5 Å². The van der Waals surface area contributed by atoms with Crippen molar-refractivity contribution in [1.82, 2.24) is 14.5 Å². The number of rotatable bonds is 5. The van der Waals surface area contributed by atoms with Crippen LogP contribution in [0.4, 0.5) is 0 Å². The van der Waals surface area contributed by atoms with Crippen LogP contribution >= 0.6 is 27.3 Å². The summed E-state index contributed by atoms with van der Waals surface area (Å²) in [6.45, 7) is 4.35. The Morgan fingerprint density at radius 2 is 1.66 bits per heavy atom. The highest BCUT2D eigenvalue weighted by Crippen LogP contribution is 2.28. The van der Waals surface area contributed by atoms with Crippen LogP contribution in [0.1, 0.15) is 39.1 Å². The van der Waals surface area contributed by atoms with Gasteiger partial charge in [0.15, 0.2) is 0 Å². The number of aryl methyl sites for hydroxylation is 1. The predicted molar refractivity (Wildman–Crippen MR) is 133 cm³/mol. The van der Waals surface area contributed by atoms with Crippen LogP contribution < -0.4 is 5.56 Å². The molecule has 2 aromatic heterocycles. The van der Waals surface area contributed by atoms with Crippen LogP contribution in [0, 0.1) is 6.92 Å². The van der Waals surface area contributed by atoms with Crippen molar-refractivity contribution in [2.45, 2.75) is 32.5 Å². The first-order chi connectivity index (χ1) is 15.6. The third-order valence-electron chi connectivity index (χ3n) is 6.01. The van der Waals surface area contributed by atoms with E-state index < -0.39 is 0 Å². The Labute approximate surface area is 200 Å². The molecule has 32 heavy (non-hydrogen) atoms. The molecule has 4 aromatic rings. The molecule has 0 amide bonds. The Morgan fingerprint density at radius 3 is 2.25 bits per heavy atom. The molecule has 162 valence electrons. The number of halogens is 1. The Bertz CT molecular complexity index is 1240. The fourth-order valence-electron chi connectivity index (χ4n) is 4.52. The van der Waals surface area contributed by atoms with E-state index in [1.54, 1.807) is 11.3 Å². The van der Waals surface area contributed by atoms with Gasteiger partial charge in [0.05, 0.1) is 21.1 Å². The summed E-state index contributed by atoms with van der Waals surface area (Å²) in [5.74, 6) is 0.766. The smallest absolute Gasteiger partial charge is 0.259 e. The molecule has 0 unspecified atom stereocenters. The summed E-state index contributed by atoms with van der Waals surface area (Å²) >= 11 is 5.30. The largest absolute Gasteiger partial charge is 0.293 e. The summed E-state index contributed by atoms with van der Waals surface area (Å²) in [7, 11) is 0. The van der Waals surface area contributed by atoms with Crippen molar-refractivity contribution in [1.29, 1.82) is 0 Å². The van der Waals surface area contributed by atoms with Crippen LogP contribution in [0.2, 0.25) is 0 Å². The molecule has 3 heterocycles. The Balaban J connectivity index is 1.57. The molecule has 0 saturated carbocycles. The third-order valence-corrected chi connectivity index (χ3v) is 7.62. The number of hydrogen-bond donors (Lipinski definition) is 0. The van der Waals surface area contributed by atoms with Crippen LogP contribution in [-0.4, -0.2) is 21.0 Å². The molecule has 0 fully saturated rings. The summed E-state index contributed by atoms with van der Waals surface area (Å²) < 4.78 is 3.02. The van der Waals surface area contributed by atoms with E-state index in [4.69, 9.17) is 4.98 Å². The molecular weight excluding hydrogens is 482 g/mol. The SMILES string of the molecule is Cc1nc2c(c(=O)n1C(c1ccccc1)c1ccccc1)CN(Cc1ccc(Br)s1)CC2. The topological polar surface area (TPSA) is 38.1 Å². The standard InChI is InChI=1S/C26H24BrN3OS/c1-18-28-23-14-15-29(16-21-12-13-24(27)32-21)17-22(23)26(31)30(18)25(19-8-4-2-5-9-19)20-10-6-3-7-11-20/h2-13,25H,14-17H2,1H3. The van der Waals surface area contributed by atoms with Crippen LogP contribution in [0.25, 0.3) is 0 Å². The average molecular weight is 506 g/mol. The molecule has 0 spiro atoms. The molecule has 1 aliphatic rings. The Hall–Kier alpha value is -2.54. The van der Waals surface area contributed by atoms with Crippen LogP contribution in [0.5, 0.6) is 0 Å². The number of benzene rings is 2. The molecule has 0 saturated heterocycles. The van der Waals surface area contributed by atoms with Gasteiger partial charge in [-0.15, -0.1) is 11.3 Å². The van der Waals surface area contributed by atoms with E-state index in [2.05, 4.69) is 57.2 Å². The van der Waals surface area contributed by atoms with Crippen molar-refractivity contribution in [2.75, 3.05) is 6.54 Å². The van der Waals surface area contributed by atoms with Gasteiger partial charge in [-0.1, -0.05) is 60.7 Å². The van der Waals surface area contributed by atoms with Gasteiger partial charge in [0.1, 0.15) is 5.82 Å². The number of hydrogen-bond acceptors (Lipinski definition) is 4. The molecule has 1 aliphatic heterocycles. The molecule has 2 aromatic carbocycles. The lowest BCUT2D eigenvalue weighted by Crippen LogP contribution is -2.40. The number of nitrogens with zero attached hydrogens (tertiary/aromatic N) is 3. The van der Waals surface area contributed by atoms with E-state index in [1.807, 2.05) is 47.9 Å². The minimum Gasteiger partial charge on any atom is -0.293 e. The highest BCUT2D eigenvalue weighted by Gasteiger charge is 2.27. The second-order valence-electron chi connectivity index (χ2n) is 8.15. The first kappa shape index (κ1) is 21.3. The normalized spacial score (nSPS) is 14.0. The fraction of sp³-hybridized carbons (Fsp3) is 0.231. The van der Waals surface area contributed by atoms with Gasteiger partial charge in [0, 0.05) is 30.9 Å². The Kier molecular flexibility index (Phi) is 6.09. The molecule has 5 rings (SSSR count). The summed E-state index contributed by atoms with van der Waals surface area (Å²) in [4.78, 5) is 22.5. The molecule has 0 bridgehead atoms. The zero-order chi connectivity index (χ0) is 22.1. The average Bonchev–Trinajstić information content (AvgIpc) is 3.22. The molecule has 0 radical (unpaired) electrons. The van der Waals surface area contributed by atoms with E-state index in [-0.39, 0.29) is 11.6 Å². The first-order valence-electron chi connectivity index (χ1n) is 10.8. The molecule has 0 aliphatic carbocycles. The second-order valence-corrected chi connectivity index (χ2v) is 10.7. The van der Waals surface area contributed by atoms with Crippen molar-refractivity contribution in [3.63, 3.8) is 0 Å². The van der Waals surface area contributed by atoms with Gasteiger partial charge in [-0.3, -0.25) is 14.3 Å². The highest BCUT2D eigenvalue weighted by molar-refractivity contribution is 9.11. The van der Waals surface area contributed by atoms with Gasteiger partial charge in [-0.25, -0.2) is 4.98 Å². The van der Waals surface area contributed by atoms with Crippen molar-refractivity contribution in [2.24, 2.45) is 0 Å². The quantitative estimate of drug-likeness (QED) is 0.355. The molecule has 0 atom stereocenters. The fourth-order valence-corrected chi connectivity index (χ4v) is 6.05. The maximum absolute atomic E-state index is 13.9. The third kappa shape index (κ3) is 4.22. The van der Waals surface area contributed by atoms with Gasteiger partial charge in [0.25, 0.3) is 5.56 Å². The van der Waals surface area contributed by atoms with E-state index >= 15 is 0 Å². The summed E-state index contributed by atoms with van der Waals surface area (Å²) in [5.41, 5.74) is 4.02. The lowest BCUT2D eigenvalue weighted by atomic mass is 9.97. The minimum absolute atomic E-state index is 0.0715. The maximum atomic E-state index is 13.9. The molecule has 0 N–H and O–H groups in total. The van der Waals surface area contributed by atoms with Crippen molar-refractivity contribution >= 4 is 27.3 Å². The summed E-state index contributed by atoms with van der Waals surface area (Å²) in [6, 6.07) is 24.5. The van der Waals surface area contributed by atoms with Gasteiger partial charge < -0.3 is 0 Å². The zero-order valence-electron chi connectivity index (χ0n) is 17.9. The molecular formula is C26H24BrN3OS. The molecule has 6 heteroatoms. The van der Waals surface area contributed by atoms with Crippen molar-refractivity contribution in [3.8, 4) is 0 Å². The maximum Gasteiger partial charge on any atom is 0.259 e. The monoisotopic (exact) mass is 505 g/mol. The summed E-state index contributed by atoms with van der Waals surface area (Å²) in [5, 5.41) is 0. The van der Waals surface area contributed by atoms with Gasteiger partial charge in [-0.2, -0.15) is 0 Å². The summed E-state index contributed by atoms with van der Waals surface area (Å²) in [6.07, 6.45) is 0.806. The van der Waals surface area contributed by atoms with Crippen molar-refractivity contribution in [3.05, 3.63) is 120 Å². The number of fused-ring (bicyclic) bond motifs is 1. The lowest BCUT2D eigenvalue weighted by molar-refractivity contribution is 0.242. The van der Waals surface area contributed by atoms with E-state index in [0.29, 0.717) is 6.54 Å². The second kappa shape index (κ2) is 9.14. The van der Waals surface area contributed by atoms with Gasteiger partial charge >= 0.3 is 0 Å². The Morgan fingerprint density at radius 1 is 1.00 bits per heavy atom. The van der Waals surface area contributed by atoms with Crippen LogP contribution in [-0.2, 0) is 19.5 Å². The van der Waals surface area contributed by atoms with Crippen molar-refractivity contribution < 1.29 is 0 Å². The van der Waals surface area contributed by atoms with Crippen LogP contribution in [0.3, 0.4) is 0 Å². The van der Waals surface area contributed by atoms with Gasteiger partial charge in [0.2, 0.25) is 0 Å². The highest BCUT2D eigenvalue weighted by atomic mass is 79.9. The van der Waals surface area contributed by atoms with E-state index in [1.165, 1.54) is 4.88 Å². The van der Waals surface area contributed by atoms with E-state index in [9.17, 15) is 4.79 Å². The predicted octanol–water partition coefficient (Wildman–Crippen LogP) is 5.57. The van der Waals surface area contributed by atoms with Gasteiger partial charge in [-0.05, 0) is 46.1 Å². The zero-order valence-corrected chi connectivity index (χ0v) is 20.3. The first-order valence-corrected chi connectivity index (χ1v) is 12.4. The van der Waals surface area contributed by atoms with Crippen LogP contribution in [0.15, 0.2) is 81.4 Å².